The molecule has 1 aliphatic heterocycles. The maximum atomic E-state index is 13.5. The Morgan fingerprint density at radius 1 is 1.01 bits per heavy atom. The highest BCUT2D eigenvalue weighted by molar-refractivity contribution is 7.13. The third-order valence-electron chi connectivity index (χ3n) is 13.3. The molecule has 7 rings (SSSR count). The lowest BCUT2D eigenvalue weighted by Gasteiger charge is -2.32. The molecule has 16 nitrogen and oxygen atoms in total. The Kier molecular flexibility index (Phi) is 16.6. The van der Waals surface area contributed by atoms with E-state index in [1.54, 1.807) is 31.5 Å². The van der Waals surface area contributed by atoms with Gasteiger partial charge in [-0.2, -0.15) is 18.3 Å². The zero-order valence-corrected chi connectivity index (χ0v) is 42.2. The van der Waals surface area contributed by atoms with Crippen LogP contribution in [-0.2, 0) is 32.6 Å². The summed E-state index contributed by atoms with van der Waals surface area (Å²) in [6.45, 7) is 13.6. The minimum atomic E-state index is -4.71. The number of likely N-dealkylation sites (N-methyl/N-ethyl adjacent to an activating group) is 1. The molecule has 3 atom stereocenters. The van der Waals surface area contributed by atoms with Crippen LogP contribution in [0.15, 0.2) is 60.2 Å². The van der Waals surface area contributed by atoms with E-state index in [0.717, 1.165) is 72.6 Å². The Morgan fingerprint density at radius 3 is 2.44 bits per heavy atom. The van der Waals surface area contributed by atoms with Crippen LogP contribution in [0.3, 0.4) is 0 Å². The van der Waals surface area contributed by atoms with Crippen molar-refractivity contribution in [2.75, 3.05) is 51.8 Å². The van der Waals surface area contributed by atoms with Crippen molar-refractivity contribution in [1.82, 2.24) is 34.9 Å². The van der Waals surface area contributed by atoms with Crippen molar-refractivity contribution in [2.45, 2.75) is 116 Å². The van der Waals surface area contributed by atoms with Crippen molar-refractivity contribution in [2.24, 2.45) is 17.1 Å². The van der Waals surface area contributed by atoms with Crippen LogP contribution in [0.1, 0.15) is 106 Å². The number of nitrogens with zero attached hydrogens (tertiary/aromatic N) is 6. The number of pyridine rings is 1. The number of amides is 3. The van der Waals surface area contributed by atoms with Crippen LogP contribution in [0.4, 0.5) is 18.9 Å². The summed E-state index contributed by atoms with van der Waals surface area (Å²) in [5.74, 6) is -0.501. The van der Waals surface area contributed by atoms with E-state index < -0.39 is 52.7 Å². The number of likely N-dealkylation sites (tertiary alicyclic amines) is 1. The number of benzene rings is 2. The Balaban J connectivity index is 0.881. The highest BCUT2D eigenvalue weighted by Crippen LogP contribution is 2.37. The molecule has 5 aromatic rings. The number of hydrogen-bond acceptors (Lipinski definition) is 13. The number of alkyl halides is 3. The number of ether oxygens (including phenoxy) is 2. The zero-order valence-electron chi connectivity index (χ0n) is 41.4. The van der Waals surface area contributed by atoms with Crippen molar-refractivity contribution in [3.8, 4) is 16.2 Å². The Labute approximate surface area is 416 Å². The van der Waals surface area contributed by atoms with Gasteiger partial charge in [0, 0.05) is 61.0 Å². The van der Waals surface area contributed by atoms with Crippen LogP contribution < -0.4 is 21.1 Å². The van der Waals surface area contributed by atoms with Gasteiger partial charge in [0.2, 0.25) is 11.8 Å². The molecule has 2 aromatic carbocycles. The predicted octanol–water partition coefficient (Wildman–Crippen LogP) is 7.07. The van der Waals surface area contributed by atoms with Crippen LogP contribution in [0, 0.1) is 18.3 Å². The van der Waals surface area contributed by atoms with Crippen LogP contribution in [0.2, 0.25) is 0 Å². The third-order valence-corrected chi connectivity index (χ3v) is 14.3. The fourth-order valence-electron chi connectivity index (χ4n) is 9.16. The minimum absolute atomic E-state index is 0.0453. The van der Waals surface area contributed by atoms with Crippen LogP contribution in [0.5, 0.6) is 5.75 Å². The number of aryl methyl sites for hydroxylation is 1. The summed E-state index contributed by atoms with van der Waals surface area (Å²) in [6, 6.07) is 10.8. The second-order valence-corrected chi connectivity index (χ2v) is 21.3. The molecule has 2 aliphatic rings. The molecule has 1 unspecified atom stereocenters. The van der Waals surface area contributed by atoms with Crippen molar-refractivity contribution >= 4 is 45.6 Å². The molecule has 4 heterocycles. The first-order valence-electron chi connectivity index (χ1n) is 24.0. The van der Waals surface area contributed by atoms with E-state index in [1.165, 1.54) is 22.3 Å². The molecule has 2 fully saturated rings. The minimum Gasteiger partial charge on any atom is -0.491 e. The van der Waals surface area contributed by atoms with Gasteiger partial charge in [0.15, 0.2) is 0 Å². The SMILES string of the molecule is Cc1ncsc1-c1ccc(CNC(=O)[C@@H]2C[C@@H](O)CN2C(=O)C(N)C(C)(C)C)c(OCCOCCN(C)CC2CCC(n3cc4cc(NC(=O)c5cccc(C(F)(F)F)n5)c(C(C)(C)O)cc4n3)CC2)c1. The third kappa shape index (κ3) is 13.3. The van der Waals surface area contributed by atoms with Gasteiger partial charge in [-0.05, 0) is 101 Å². The van der Waals surface area contributed by atoms with E-state index in [2.05, 4.69) is 32.5 Å². The maximum absolute atomic E-state index is 13.5. The van der Waals surface area contributed by atoms with Gasteiger partial charge in [-0.15, -0.1) is 11.3 Å². The summed E-state index contributed by atoms with van der Waals surface area (Å²) in [5, 5.41) is 32.7. The summed E-state index contributed by atoms with van der Waals surface area (Å²) >= 11 is 1.53. The van der Waals surface area contributed by atoms with E-state index in [1.807, 2.05) is 56.8 Å². The largest absolute Gasteiger partial charge is 0.491 e. The number of aliphatic hydroxyl groups excluding tert-OH is 1. The smallest absolute Gasteiger partial charge is 0.433 e. The molecule has 384 valence electrons. The second kappa shape index (κ2) is 22.1. The molecule has 71 heavy (non-hydrogen) atoms. The van der Waals surface area contributed by atoms with Crippen molar-refractivity contribution in [3.05, 3.63) is 88.4 Å². The molecule has 3 aromatic heterocycles. The van der Waals surface area contributed by atoms with Gasteiger partial charge in [0.05, 0.1) is 58.6 Å². The monoisotopic (exact) mass is 1010 g/mol. The van der Waals surface area contributed by atoms with Crippen molar-refractivity contribution in [3.63, 3.8) is 0 Å². The number of aliphatic hydroxyl groups is 2. The Morgan fingerprint density at radius 2 is 1.76 bits per heavy atom. The van der Waals surface area contributed by atoms with Crippen LogP contribution in [0.25, 0.3) is 21.3 Å². The molecule has 1 aliphatic carbocycles. The standard InChI is InChI=1S/C51H66F3N9O7S/c1-30-44(71-29-57-30)32-13-14-33(25-56-47(66)41-23-36(64)28-62(41)48(67)45(55)49(2,3)4)42(22-32)70-20-19-69-18-17-61(7)26-31-11-15-35(16-12-31)63-27-34-21-40(37(50(5,6)68)24-39(34)60-63)59-46(65)38-9-8-10-43(58-38)51(52,53)54/h8-10,13-14,21-22,24,27,29,31,35-36,41,45,64,68H,11-12,15-20,23,25-26,28,55H2,1-7H3,(H,56,66)(H,59,65)/t31?,35?,36-,41+,45?/m1/s1. The van der Waals surface area contributed by atoms with Gasteiger partial charge < -0.3 is 45.9 Å². The van der Waals surface area contributed by atoms with Gasteiger partial charge in [-0.3, -0.25) is 19.1 Å². The van der Waals surface area contributed by atoms with Crippen molar-refractivity contribution in [1.29, 1.82) is 0 Å². The highest BCUT2D eigenvalue weighted by Gasteiger charge is 2.43. The second-order valence-electron chi connectivity index (χ2n) is 20.4. The number of nitrogens with one attached hydrogen (secondary N) is 2. The number of rotatable bonds is 18. The van der Waals surface area contributed by atoms with E-state index >= 15 is 0 Å². The predicted molar refractivity (Wildman–Crippen MR) is 265 cm³/mol. The van der Waals surface area contributed by atoms with E-state index in [4.69, 9.17) is 20.3 Å². The molecule has 3 amide bonds. The van der Waals surface area contributed by atoms with Gasteiger partial charge in [-0.25, -0.2) is 9.97 Å². The lowest BCUT2D eigenvalue weighted by Crippen LogP contribution is -2.54. The number of fused-ring (bicyclic) bond motifs is 1. The number of anilines is 1. The first kappa shape index (κ1) is 53.3. The maximum Gasteiger partial charge on any atom is 0.433 e. The zero-order chi connectivity index (χ0) is 51.4. The number of carbonyl (C=O) groups excluding carboxylic acids is 3. The molecule has 0 radical (unpaired) electrons. The first-order valence-corrected chi connectivity index (χ1v) is 24.9. The van der Waals surface area contributed by atoms with E-state index in [9.17, 15) is 37.8 Å². The highest BCUT2D eigenvalue weighted by atomic mass is 32.1. The fraction of sp³-hybridized carbons (Fsp3) is 0.529. The number of nitrogens with two attached hydrogens (primary N) is 1. The van der Waals surface area contributed by atoms with E-state index in [-0.39, 0.29) is 49.7 Å². The van der Waals surface area contributed by atoms with Gasteiger partial charge >= 0.3 is 6.18 Å². The van der Waals surface area contributed by atoms with Crippen LogP contribution >= 0.6 is 11.3 Å². The van der Waals surface area contributed by atoms with Gasteiger partial charge in [0.25, 0.3) is 5.91 Å². The van der Waals surface area contributed by atoms with E-state index in [0.29, 0.717) is 41.3 Å². The normalized spacial score (nSPS) is 19.3. The first-order chi connectivity index (χ1) is 33.5. The molecule has 0 spiro atoms. The molecule has 0 bridgehead atoms. The van der Waals surface area contributed by atoms with Crippen LogP contribution in [-0.4, -0.2) is 122 Å². The Bertz CT molecular complexity index is 2670. The molecule has 20 heteroatoms. The molecule has 1 saturated heterocycles. The number of aromatic nitrogens is 4. The number of β-amino-alcohol motifs (C(OH)–C–C–N with tert-alkyl or cyclic N) is 1. The summed E-state index contributed by atoms with van der Waals surface area (Å²) < 4.78 is 54.2. The van der Waals surface area contributed by atoms with Gasteiger partial charge in [-0.1, -0.05) is 39.0 Å². The number of halogens is 3. The lowest BCUT2D eigenvalue weighted by atomic mass is 9.86. The topological polar surface area (TPSA) is 210 Å². The van der Waals surface area contributed by atoms with Gasteiger partial charge in [0.1, 0.15) is 29.8 Å². The van der Waals surface area contributed by atoms with Crippen molar-refractivity contribution < 1.29 is 47.2 Å². The fourth-order valence-corrected chi connectivity index (χ4v) is 9.96. The Hall–Kier alpha value is -5.51. The summed E-state index contributed by atoms with van der Waals surface area (Å²) in [5.41, 5.74) is 8.40. The number of hydrogen-bond donors (Lipinski definition) is 5. The number of carbonyl (C=O) groups is 3. The lowest BCUT2D eigenvalue weighted by molar-refractivity contribution is -0.141. The average Bonchev–Trinajstić information content (AvgIpc) is 4.06. The summed E-state index contributed by atoms with van der Waals surface area (Å²) in [4.78, 5) is 52.5. The summed E-state index contributed by atoms with van der Waals surface area (Å²) in [7, 11) is 2.08. The molecule has 6 N–H and O–H groups in total. The summed E-state index contributed by atoms with van der Waals surface area (Å²) in [6.07, 6.45) is 0.306. The molecule has 1 saturated carbocycles. The molecular formula is C51H66F3N9O7S. The molecular weight excluding hydrogens is 940 g/mol. The number of thiazole rings is 1. The average molecular weight is 1010 g/mol. The quantitative estimate of drug-likeness (QED) is 0.0559.